The van der Waals surface area contributed by atoms with Crippen molar-refractivity contribution in [3.05, 3.63) is 46.0 Å². The van der Waals surface area contributed by atoms with Crippen LogP contribution in [0.15, 0.2) is 46.0 Å². The van der Waals surface area contributed by atoms with Crippen LogP contribution in [0.4, 0.5) is 0 Å². The molecule has 0 saturated carbocycles. The Kier molecular flexibility index (Phi) is 9.62. The van der Waals surface area contributed by atoms with Gasteiger partial charge in [0.25, 0.3) is 11.6 Å². The lowest BCUT2D eigenvalue weighted by Gasteiger charge is -2.50. The van der Waals surface area contributed by atoms with Gasteiger partial charge in [0.05, 0.1) is 35.9 Å². The minimum absolute atomic E-state index is 0.0901. The molecular weight excluding hydrogens is 712 g/mol. The van der Waals surface area contributed by atoms with Gasteiger partial charge in [-0.2, -0.15) is 0 Å². The van der Waals surface area contributed by atoms with E-state index in [0.29, 0.717) is 25.7 Å². The third kappa shape index (κ3) is 5.99. The SMILES string of the molecule is CC(=O)OC1C2=C(C3=C4C(=COC5(CCCC(C)O5)C4OC(C)=O)C(=O)C(C)(OC(C)=O)C3=O)C(=O)C(C)(OC(C)=O)C(=O)C2=COC12CCCC(C)O2. The first-order valence-electron chi connectivity index (χ1n) is 17.7. The van der Waals surface area contributed by atoms with Crippen LogP contribution in [0.25, 0.3) is 0 Å². The van der Waals surface area contributed by atoms with Crippen LogP contribution < -0.4 is 0 Å². The topological polar surface area (TPSA) is 210 Å². The number of rotatable bonds is 5. The van der Waals surface area contributed by atoms with Crippen molar-refractivity contribution in [1.82, 2.24) is 0 Å². The van der Waals surface area contributed by atoms with Crippen molar-refractivity contribution >= 4 is 47.0 Å². The van der Waals surface area contributed by atoms with E-state index < -0.39 is 116 Å². The van der Waals surface area contributed by atoms with Crippen molar-refractivity contribution in [3.63, 3.8) is 0 Å². The second kappa shape index (κ2) is 13.4. The predicted molar refractivity (Wildman–Crippen MR) is 178 cm³/mol. The third-order valence-corrected chi connectivity index (χ3v) is 10.5. The van der Waals surface area contributed by atoms with Crippen molar-refractivity contribution in [3.8, 4) is 0 Å². The number of hydrogen-bond donors (Lipinski definition) is 0. The van der Waals surface area contributed by atoms with E-state index in [1.807, 2.05) is 0 Å². The second-order valence-electron chi connectivity index (χ2n) is 14.7. The number of fused-ring (bicyclic) bond motifs is 2. The molecule has 0 aromatic rings. The van der Waals surface area contributed by atoms with E-state index in [-0.39, 0.29) is 24.0 Å². The summed E-state index contributed by atoms with van der Waals surface area (Å²) in [5.41, 5.74) is -8.18. The summed E-state index contributed by atoms with van der Waals surface area (Å²) >= 11 is 0. The largest absolute Gasteiger partial charge is 0.465 e. The van der Waals surface area contributed by atoms with Gasteiger partial charge < -0.3 is 37.9 Å². The number of ketones is 4. The smallest absolute Gasteiger partial charge is 0.304 e. The first-order valence-corrected chi connectivity index (χ1v) is 17.7. The van der Waals surface area contributed by atoms with Crippen molar-refractivity contribution < 1.29 is 76.3 Å². The third-order valence-electron chi connectivity index (χ3n) is 10.5. The molecule has 4 heterocycles. The summed E-state index contributed by atoms with van der Waals surface area (Å²) in [5, 5.41) is 0. The summed E-state index contributed by atoms with van der Waals surface area (Å²) in [4.78, 5) is 110. The molecule has 290 valence electrons. The zero-order valence-corrected chi connectivity index (χ0v) is 31.2. The normalized spacial score (nSPS) is 36.3. The highest BCUT2D eigenvalue weighted by atomic mass is 16.7. The van der Waals surface area contributed by atoms with Crippen LogP contribution in [0.3, 0.4) is 0 Å². The molecule has 16 heteroatoms. The highest BCUT2D eigenvalue weighted by molar-refractivity contribution is 6.37. The quantitative estimate of drug-likeness (QED) is 0.224. The number of hydrogen-bond acceptors (Lipinski definition) is 16. The van der Waals surface area contributed by atoms with Gasteiger partial charge >= 0.3 is 23.9 Å². The summed E-state index contributed by atoms with van der Waals surface area (Å²) < 4.78 is 47.4. The molecule has 16 nitrogen and oxygen atoms in total. The summed E-state index contributed by atoms with van der Waals surface area (Å²) in [6.07, 6.45) is -0.0435. The number of carbonyl (C=O) groups excluding carboxylic acids is 8. The Hall–Kier alpha value is -4.96. The first-order chi connectivity index (χ1) is 25.2. The van der Waals surface area contributed by atoms with Gasteiger partial charge in [-0.1, -0.05) is 0 Å². The standard InChI is InChI=1S/C38H42O16/c1-17-11-9-13-37(51-17)33(49-19(3)39)25-23(15-47-37)29(43)35(7,53-21(5)41)31(45)27(25)28-26-24(30(44)36(8,32(28)46)54-22(6)42)16-48-38(34(26)50-20(4)40)14-10-12-18(2)52-38/h15-18,33-34H,9-14H2,1-8H3. The average molecular weight is 755 g/mol. The van der Waals surface area contributed by atoms with Crippen molar-refractivity contribution in [2.24, 2.45) is 0 Å². The summed E-state index contributed by atoms with van der Waals surface area (Å²) in [7, 11) is 0. The van der Waals surface area contributed by atoms with Crippen molar-refractivity contribution in [2.75, 3.05) is 0 Å². The zero-order valence-electron chi connectivity index (χ0n) is 31.2. The van der Waals surface area contributed by atoms with Gasteiger partial charge in [0.2, 0.25) is 34.3 Å². The second-order valence-corrected chi connectivity index (χ2v) is 14.7. The summed E-state index contributed by atoms with van der Waals surface area (Å²) in [5.74, 6) is -12.2. The van der Waals surface area contributed by atoms with Crippen LogP contribution in [0.2, 0.25) is 0 Å². The van der Waals surface area contributed by atoms with Crippen LogP contribution in [-0.2, 0) is 76.3 Å². The molecule has 2 spiro atoms. The van der Waals surface area contributed by atoms with Crippen LogP contribution in [0.1, 0.15) is 93.9 Å². The molecule has 0 N–H and O–H groups in total. The lowest BCUT2D eigenvalue weighted by molar-refractivity contribution is -0.294. The van der Waals surface area contributed by atoms with Gasteiger partial charge in [0.1, 0.15) is 0 Å². The molecule has 2 aliphatic carbocycles. The van der Waals surface area contributed by atoms with E-state index in [0.717, 1.165) is 54.1 Å². The van der Waals surface area contributed by atoms with E-state index in [1.165, 1.54) is 0 Å². The Bertz CT molecular complexity index is 1780. The molecule has 8 unspecified atom stereocenters. The molecule has 6 rings (SSSR count). The fraction of sp³-hybridized carbons (Fsp3) is 0.579. The number of ether oxygens (including phenoxy) is 8. The van der Waals surface area contributed by atoms with E-state index in [2.05, 4.69) is 0 Å². The minimum Gasteiger partial charge on any atom is -0.465 e. The van der Waals surface area contributed by atoms with Gasteiger partial charge in [-0.05, 0) is 53.4 Å². The Balaban J connectivity index is 1.80. The van der Waals surface area contributed by atoms with Crippen molar-refractivity contribution in [1.29, 1.82) is 0 Å². The molecule has 54 heavy (non-hydrogen) atoms. The van der Waals surface area contributed by atoms with Crippen LogP contribution >= 0.6 is 0 Å². The molecule has 0 radical (unpaired) electrons. The fourth-order valence-corrected chi connectivity index (χ4v) is 8.25. The maximum Gasteiger partial charge on any atom is 0.304 e. The summed E-state index contributed by atoms with van der Waals surface area (Å²) in [6.45, 7) is 9.64. The van der Waals surface area contributed by atoms with Gasteiger partial charge in [-0.15, -0.1) is 0 Å². The lowest BCUT2D eigenvalue weighted by Crippen LogP contribution is -2.63. The van der Waals surface area contributed by atoms with Crippen LogP contribution in [-0.4, -0.2) is 94.2 Å². The molecule has 6 aliphatic rings. The fourth-order valence-electron chi connectivity index (χ4n) is 8.25. The molecule has 8 atom stereocenters. The molecule has 2 saturated heterocycles. The molecule has 0 aromatic heterocycles. The highest BCUT2D eigenvalue weighted by Crippen LogP contribution is 2.53. The van der Waals surface area contributed by atoms with Crippen LogP contribution in [0.5, 0.6) is 0 Å². The average Bonchev–Trinajstić information content (AvgIpc) is 3.06. The predicted octanol–water partition coefficient (Wildman–Crippen LogP) is 2.79. The highest BCUT2D eigenvalue weighted by Gasteiger charge is 2.66. The minimum atomic E-state index is -2.65. The van der Waals surface area contributed by atoms with E-state index >= 15 is 9.59 Å². The number of carbonyl (C=O) groups is 8. The first kappa shape index (κ1) is 38.8. The van der Waals surface area contributed by atoms with Gasteiger partial charge in [-0.25, -0.2) is 0 Å². The number of esters is 4. The molecule has 2 fully saturated rings. The molecule has 0 amide bonds. The van der Waals surface area contributed by atoms with E-state index in [1.54, 1.807) is 13.8 Å². The van der Waals surface area contributed by atoms with Gasteiger partial charge in [0, 0.05) is 62.8 Å². The maximum atomic E-state index is 15.2. The maximum absolute atomic E-state index is 15.2. The van der Waals surface area contributed by atoms with E-state index in [4.69, 9.17) is 37.9 Å². The molecule has 4 aliphatic heterocycles. The molecule has 0 aromatic carbocycles. The lowest BCUT2D eigenvalue weighted by atomic mass is 9.64. The molecular formula is C38H42O16. The Labute approximate surface area is 310 Å². The Morgan fingerprint density at radius 2 is 0.944 bits per heavy atom. The van der Waals surface area contributed by atoms with Gasteiger partial charge in [-0.3, -0.25) is 38.4 Å². The molecule has 0 bridgehead atoms. The van der Waals surface area contributed by atoms with E-state index in [9.17, 15) is 28.8 Å². The van der Waals surface area contributed by atoms with Crippen LogP contribution in [0, 0.1) is 0 Å². The Morgan fingerprint density at radius 1 is 0.593 bits per heavy atom. The summed E-state index contributed by atoms with van der Waals surface area (Å²) in [6, 6.07) is 0. The zero-order chi connectivity index (χ0) is 39.7. The number of Topliss-reactive ketones (excluding diaryl/α,β-unsaturated/α-hetero) is 4. The monoisotopic (exact) mass is 754 g/mol. The van der Waals surface area contributed by atoms with Gasteiger partial charge in [0.15, 0.2) is 12.2 Å². The van der Waals surface area contributed by atoms with Crippen molar-refractivity contribution in [2.45, 2.75) is 141 Å². The Morgan fingerprint density at radius 3 is 1.24 bits per heavy atom.